The van der Waals surface area contributed by atoms with E-state index in [-0.39, 0.29) is 12.4 Å². The topological polar surface area (TPSA) is 70.9 Å². The Balaban J connectivity index is 1.46. The van der Waals surface area contributed by atoms with Crippen LogP contribution < -0.4 is 9.47 Å². The number of halogens is 1. The number of hydrogen-bond donors (Lipinski definition) is 0. The molecule has 0 bridgehead atoms. The fraction of sp³-hybridized carbons (Fsp3) is 0.258. The van der Waals surface area contributed by atoms with Gasteiger partial charge in [0.05, 0.1) is 19.8 Å². The van der Waals surface area contributed by atoms with E-state index < -0.39 is 5.97 Å². The van der Waals surface area contributed by atoms with Crippen LogP contribution >= 0.6 is 0 Å². The van der Waals surface area contributed by atoms with Gasteiger partial charge in [0.1, 0.15) is 23.9 Å². The first-order valence-corrected chi connectivity index (χ1v) is 12.4. The third-order valence-electron chi connectivity index (χ3n) is 6.03. The van der Waals surface area contributed by atoms with Gasteiger partial charge < -0.3 is 19.3 Å². The van der Waals surface area contributed by atoms with Crippen molar-refractivity contribution < 1.29 is 28.5 Å². The summed E-state index contributed by atoms with van der Waals surface area (Å²) >= 11 is 0. The van der Waals surface area contributed by atoms with E-state index in [4.69, 9.17) is 19.3 Å². The number of benzene rings is 3. The van der Waals surface area contributed by atoms with Crippen LogP contribution in [0.5, 0.6) is 11.5 Å². The molecule has 1 fully saturated rings. The Morgan fingerprint density at radius 2 is 1.71 bits per heavy atom. The fourth-order valence-corrected chi connectivity index (χ4v) is 4.02. The molecule has 1 aliphatic rings. The molecule has 196 valence electrons. The Morgan fingerprint density at radius 1 is 1.03 bits per heavy atom. The Bertz CT molecular complexity index is 1320. The van der Waals surface area contributed by atoms with Crippen LogP contribution in [0.3, 0.4) is 0 Å². The van der Waals surface area contributed by atoms with Gasteiger partial charge in [-0.25, -0.2) is 4.39 Å². The van der Waals surface area contributed by atoms with Crippen LogP contribution in [-0.2, 0) is 9.53 Å². The van der Waals surface area contributed by atoms with E-state index in [1.807, 2.05) is 43.3 Å². The molecule has 0 aliphatic carbocycles. The molecule has 1 aliphatic heterocycles. The van der Waals surface area contributed by atoms with Gasteiger partial charge in [-0.1, -0.05) is 36.1 Å². The minimum atomic E-state index is -0.781. The average molecular weight is 517 g/mol. The number of rotatable bonds is 9. The summed E-state index contributed by atoms with van der Waals surface area (Å²) in [7, 11) is 0. The lowest BCUT2D eigenvalue weighted by Gasteiger charge is -2.24. The first-order valence-electron chi connectivity index (χ1n) is 12.4. The first kappa shape index (κ1) is 26.9. The van der Waals surface area contributed by atoms with Crippen LogP contribution in [-0.4, -0.2) is 62.0 Å². The summed E-state index contributed by atoms with van der Waals surface area (Å²) in [5, 5.41) is 6.98. The van der Waals surface area contributed by atoms with E-state index in [0.717, 1.165) is 60.7 Å². The fourth-order valence-electron chi connectivity index (χ4n) is 4.02. The molecule has 3 aromatic rings. The molecule has 38 heavy (non-hydrogen) atoms. The van der Waals surface area contributed by atoms with Gasteiger partial charge in [-0.3, -0.25) is 4.90 Å². The minimum absolute atomic E-state index is 0.289. The zero-order valence-electron chi connectivity index (χ0n) is 21.3. The van der Waals surface area contributed by atoms with Crippen molar-refractivity contribution in [1.82, 2.24) is 4.90 Å². The molecule has 2 N–H and O–H groups in total. The second-order valence-electron chi connectivity index (χ2n) is 8.84. The highest BCUT2D eigenvalue weighted by Crippen LogP contribution is 2.26. The third kappa shape index (κ3) is 7.94. The lowest BCUT2D eigenvalue weighted by Crippen LogP contribution is -2.36. The van der Waals surface area contributed by atoms with Crippen LogP contribution in [0.4, 0.5) is 4.39 Å². The molecule has 1 heterocycles. The highest BCUT2D eigenvalue weighted by molar-refractivity contribution is 5.80. The predicted octanol–water partition coefficient (Wildman–Crippen LogP) is 3.96. The monoisotopic (exact) mass is 516 g/mol. The first-order chi connectivity index (χ1) is 18.5. The SMILES string of the molecule is Cc1cc(OC/C=C(/c2ccc(F)cc2)c2ccc(C#CCN3CCOCC3)cc2)ccc1OCC(=O)[OH2+]. The second kappa shape index (κ2) is 13.4. The summed E-state index contributed by atoms with van der Waals surface area (Å²) < 4.78 is 30.3. The van der Waals surface area contributed by atoms with E-state index in [1.165, 1.54) is 12.1 Å². The van der Waals surface area contributed by atoms with E-state index in [9.17, 15) is 9.18 Å². The summed E-state index contributed by atoms with van der Waals surface area (Å²) in [6.07, 6.45) is 1.96. The van der Waals surface area contributed by atoms with E-state index in [2.05, 4.69) is 16.7 Å². The summed E-state index contributed by atoms with van der Waals surface area (Å²) in [6, 6.07) is 19.7. The Kier molecular flexibility index (Phi) is 9.52. The van der Waals surface area contributed by atoms with Crippen LogP contribution in [0.1, 0.15) is 22.3 Å². The summed E-state index contributed by atoms with van der Waals surface area (Å²) in [4.78, 5) is 13.1. The molecule has 0 saturated carbocycles. The Morgan fingerprint density at radius 3 is 2.37 bits per heavy atom. The zero-order chi connectivity index (χ0) is 26.7. The van der Waals surface area contributed by atoms with Gasteiger partial charge in [-0.05, 0) is 77.7 Å². The van der Waals surface area contributed by atoms with Crippen molar-refractivity contribution in [3.63, 3.8) is 0 Å². The van der Waals surface area contributed by atoms with Crippen LogP contribution in [0, 0.1) is 24.6 Å². The molecule has 0 unspecified atom stereocenters. The van der Waals surface area contributed by atoms with Gasteiger partial charge in [-0.15, -0.1) is 0 Å². The van der Waals surface area contributed by atoms with Gasteiger partial charge >= 0.3 is 5.97 Å². The number of morpholine rings is 1. The summed E-state index contributed by atoms with van der Waals surface area (Å²) in [5.41, 5.74) is 4.50. The average Bonchev–Trinajstić information content (AvgIpc) is 2.92. The lowest BCUT2D eigenvalue weighted by molar-refractivity contribution is -0.139. The summed E-state index contributed by atoms with van der Waals surface area (Å²) in [5.74, 6) is 6.58. The van der Waals surface area contributed by atoms with Crippen molar-refractivity contribution >= 4 is 11.5 Å². The highest BCUT2D eigenvalue weighted by atomic mass is 19.1. The van der Waals surface area contributed by atoms with E-state index >= 15 is 0 Å². The molecule has 7 heteroatoms. The van der Waals surface area contributed by atoms with E-state index in [0.29, 0.717) is 18.1 Å². The molecule has 0 atom stereocenters. The quantitative estimate of drug-likeness (QED) is 0.318. The van der Waals surface area contributed by atoms with Gasteiger partial charge in [0.2, 0.25) is 6.61 Å². The largest absolute Gasteiger partial charge is 0.562 e. The second-order valence-corrected chi connectivity index (χ2v) is 8.84. The summed E-state index contributed by atoms with van der Waals surface area (Å²) in [6.45, 7) is 5.90. The normalized spacial score (nSPS) is 13.9. The maximum Gasteiger partial charge on any atom is 0.553 e. The third-order valence-corrected chi connectivity index (χ3v) is 6.03. The van der Waals surface area contributed by atoms with Gasteiger partial charge in [0.15, 0.2) is 0 Å². The predicted molar refractivity (Wildman–Crippen MR) is 145 cm³/mol. The number of nitrogens with zero attached hydrogens (tertiary/aromatic N) is 1. The van der Waals surface area contributed by atoms with Gasteiger partial charge in [-0.2, -0.15) is 0 Å². The van der Waals surface area contributed by atoms with Crippen molar-refractivity contribution in [3.05, 3.63) is 101 Å². The zero-order valence-corrected chi connectivity index (χ0v) is 21.3. The van der Waals surface area contributed by atoms with Crippen molar-refractivity contribution in [1.29, 1.82) is 0 Å². The molecular formula is C31H31FNO5+. The van der Waals surface area contributed by atoms with Crippen LogP contribution in [0.2, 0.25) is 0 Å². The molecule has 0 amide bonds. The Labute approximate surface area is 222 Å². The molecule has 6 nitrogen and oxygen atoms in total. The van der Waals surface area contributed by atoms with Crippen molar-refractivity contribution in [3.8, 4) is 23.3 Å². The molecule has 0 spiro atoms. The van der Waals surface area contributed by atoms with Crippen molar-refractivity contribution in [2.75, 3.05) is 46.1 Å². The van der Waals surface area contributed by atoms with Gasteiger partial charge in [0, 0.05) is 23.4 Å². The standard InChI is InChI=1S/C31H30FNO5/c1-23-21-28(12-13-30(23)38-22-31(34)35)37-18-14-29(26-8-10-27(32)11-9-26)25-6-4-24(5-7-25)3-2-15-33-16-19-36-20-17-33/h4-14,21H,15-20,22H2,1H3,(H,34,35)/p+1/b29-14+. The van der Waals surface area contributed by atoms with Crippen LogP contribution in [0.15, 0.2) is 72.8 Å². The molecule has 1 saturated heterocycles. The number of carbonyl (C=O) groups is 1. The minimum Gasteiger partial charge on any atom is -0.562 e. The smallest absolute Gasteiger partial charge is 0.553 e. The maximum absolute atomic E-state index is 13.6. The molecule has 4 rings (SSSR count). The van der Waals surface area contributed by atoms with Gasteiger partial charge in [0.25, 0.3) is 0 Å². The molecule has 0 aromatic heterocycles. The number of ether oxygens (including phenoxy) is 3. The van der Waals surface area contributed by atoms with Crippen molar-refractivity contribution in [2.45, 2.75) is 6.92 Å². The lowest BCUT2D eigenvalue weighted by atomic mass is 9.96. The maximum atomic E-state index is 13.6. The molecule has 0 radical (unpaired) electrons. The van der Waals surface area contributed by atoms with Crippen molar-refractivity contribution in [2.24, 2.45) is 0 Å². The number of carbonyl (C=O) groups excluding carboxylic acids is 1. The number of aryl methyl sites for hydroxylation is 1. The molecule has 3 aromatic carbocycles. The Hall–Kier alpha value is -4.12. The molecular weight excluding hydrogens is 485 g/mol. The highest BCUT2D eigenvalue weighted by Gasteiger charge is 2.10. The number of hydrogen-bond acceptors (Lipinski definition) is 5. The van der Waals surface area contributed by atoms with Crippen LogP contribution in [0.25, 0.3) is 5.57 Å². The van der Waals surface area contributed by atoms with E-state index in [1.54, 1.807) is 24.3 Å².